The molecule has 1 atom stereocenters. The molecule has 30 heavy (non-hydrogen) atoms. The Morgan fingerprint density at radius 3 is 2.63 bits per heavy atom. The van der Waals surface area contributed by atoms with Crippen LogP contribution in [-0.4, -0.2) is 24.0 Å². The molecule has 0 saturated heterocycles. The second kappa shape index (κ2) is 9.22. The Morgan fingerprint density at radius 2 is 1.97 bits per heavy atom. The van der Waals surface area contributed by atoms with Gasteiger partial charge in [-0.15, -0.1) is 0 Å². The number of hydrogen-bond acceptors (Lipinski definition) is 3. The van der Waals surface area contributed by atoms with Crippen molar-refractivity contribution in [2.75, 3.05) is 13.2 Å². The van der Waals surface area contributed by atoms with E-state index >= 15 is 0 Å². The van der Waals surface area contributed by atoms with Crippen molar-refractivity contribution in [1.29, 1.82) is 0 Å². The number of carbonyl (C=O) groups excluding carboxylic acids is 1. The highest BCUT2D eigenvalue weighted by molar-refractivity contribution is 5.73. The van der Waals surface area contributed by atoms with E-state index in [1.807, 2.05) is 6.92 Å². The minimum Gasteiger partial charge on any atom is -0.493 e. The van der Waals surface area contributed by atoms with E-state index in [2.05, 4.69) is 53.5 Å². The molecule has 4 nitrogen and oxygen atoms in total. The van der Waals surface area contributed by atoms with E-state index in [1.54, 1.807) is 6.92 Å². The molecule has 2 aliphatic rings. The Hall–Kier alpha value is -2.33. The summed E-state index contributed by atoms with van der Waals surface area (Å²) in [6.45, 7) is 9.74. The number of nitrogens with one attached hydrogen (secondary N) is 1. The van der Waals surface area contributed by atoms with Crippen molar-refractivity contribution in [2.45, 2.75) is 65.6 Å². The SMILES string of the molecule is CCc1c(OCC2CC2)ccc2c1CCN(Cc1ccc(C(C)NC(C)=O)cc1)C2. The number of carbonyl (C=O) groups is 1. The molecule has 1 aliphatic heterocycles. The maximum Gasteiger partial charge on any atom is 0.217 e. The van der Waals surface area contributed by atoms with Crippen molar-refractivity contribution in [3.8, 4) is 5.75 Å². The van der Waals surface area contributed by atoms with Gasteiger partial charge in [0, 0.05) is 26.6 Å². The van der Waals surface area contributed by atoms with Gasteiger partial charge in [-0.2, -0.15) is 0 Å². The smallest absolute Gasteiger partial charge is 0.217 e. The fraction of sp³-hybridized carbons (Fsp3) is 0.500. The molecule has 160 valence electrons. The summed E-state index contributed by atoms with van der Waals surface area (Å²) < 4.78 is 6.16. The Kier molecular flexibility index (Phi) is 6.43. The van der Waals surface area contributed by atoms with Crippen molar-refractivity contribution < 1.29 is 9.53 Å². The first-order chi connectivity index (χ1) is 14.5. The molecule has 2 aromatic carbocycles. The number of amides is 1. The zero-order valence-electron chi connectivity index (χ0n) is 18.5. The Labute approximate surface area is 180 Å². The Balaban J connectivity index is 1.39. The molecular weight excluding hydrogens is 372 g/mol. The summed E-state index contributed by atoms with van der Waals surface area (Å²) >= 11 is 0. The molecule has 0 aromatic heterocycles. The molecule has 1 heterocycles. The molecule has 1 N–H and O–H groups in total. The van der Waals surface area contributed by atoms with Crippen LogP contribution in [0.5, 0.6) is 5.75 Å². The highest BCUT2D eigenvalue weighted by atomic mass is 16.5. The number of ether oxygens (including phenoxy) is 1. The second-order valence-corrected chi connectivity index (χ2v) is 8.91. The van der Waals surface area contributed by atoms with Crippen molar-refractivity contribution >= 4 is 5.91 Å². The predicted octanol–water partition coefficient (Wildman–Crippen LogP) is 4.79. The summed E-state index contributed by atoms with van der Waals surface area (Å²) in [7, 11) is 0. The summed E-state index contributed by atoms with van der Waals surface area (Å²) in [4.78, 5) is 13.8. The van der Waals surface area contributed by atoms with E-state index in [1.165, 1.54) is 35.1 Å². The topological polar surface area (TPSA) is 41.6 Å². The highest BCUT2D eigenvalue weighted by Crippen LogP contribution is 2.34. The molecule has 0 spiro atoms. The Morgan fingerprint density at radius 1 is 1.20 bits per heavy atom. The molecule has 1 aliphatic carbocycles. The molecular formula is C26H34N2O2. The van der Waals surface area contributed by atoms with Gasteiger partial charge < -0.3 is 10.1 Å². The number of nitrogens with zero attached hydrogens (tertiary/aromatic N) is 1. The van der Waals surface area contributed by atoms with Crippen LogP contribution in [0, 0.1) is 5.92 Å². The third-order valence-corrected chi connectivity index (χ3v) is 6.39. The van der Waals surface area contributed by atoms with E-state index in [0.29, 0.717) is 0 Å². The maximum absolute atomic E-state index is 11.3. The molecule has 1 saturated carbocycles. The zero-order chi connectivity index (χ0) is 21.1. The zero-order valence-corrected chi connectivity index (χ0v) is 18.5. The highest BCUT2D eigenvalue weighted by Gasteiger charge is 2.24. The van der Waals surface area contributed by atoms with Crippen LogP contribution in [0.15, 0.2) is 36.4 Å². The lowest BCUT2D eigenvalue weighted by molar-refractivity contribution is -0.119. The number of benzene rings is 2. The van der Waals surface area contributed by atoms with E-state index in [4.69, 9.17) is 4.74 Å². The van der Waals surface area contributed by atoms with E-state index in [9.17, 15) is 4.79 Å². The van der Waals surface area contributed by atoms with Gasteiger partial charge in [0.25, 0.3) is 0 Å². The second-order valence-electron chi connectivity index (χ2n) is 8.91. The number of hydrogen-bond donors (Lipinski definition) is 1. The lowest BCUT2D eigenvalue weighted by Crippen LogP contribution is -2.31. The van der Waals surface area contributed by atoms with Crippen LogP contribution in [0.25, 0.3) is 0 Å². The Bertz CT molecular complexity index is 887. The minimum absolute atomic E-state index is 0.00565. The molecule has 0 radical (unpaired) electrons. The third-order valence-electron chi connectivity index (χ3n) is 6.39. The van der Waals surface area contributed by atoms with Crippen molar-refractivity contribution in [3.05, 3.63) is 64.2 Å². The maximum atomic E-state index is 11.3. The van der Waals surface area contributed by atoms with Crippen LogP contribution in [0.4, 0.5) is 0 Å². The van der Waals surface area contributed by atoms with Crippen molar-refractivity contribution in [3.63, 3.8) is 0 Å². The fourth-order valence-corrected chi connectivity index (χ4v) is 4.48. The van der Waals surface area contributed by atoms with Gasteiger partial charge in [-0.1, -0.05) is 37.3 Å². The van der Waals surface area contributed by atoms with E-state index in [-0.39, 0.29) is 11.9 Å². The molecule has 4 rings (SSSR count). The molecule has 1 fully saturated rings. The first kappa shape index (κ1) is 20.9. The van der Waals surface area contributed by atoms with Gasteiger partial charge >= 0.3 is 0 Å². The minimum atomic E-state index is 0.00565. The van der Waals surface area contributed by atoms with Gasteiger partial charge in [0.05, 0.1) is 12.6 Å². The summed E-state index contributed by atoms with van der Waals surface area (Å²) in [6.07, 6.45) is 4.79. The fourth-order valence-electron chi connectivity index (χ4n) is 4.48. The predicted molar refractivity (Wildman–Crippen MR) is 121 cm³/mol. The molecule has 1 unspecified atom stereocenters. The molecule has 2 aromatic rings. The summed E-state index contributed by atoms with van der Waals surface area (Å²) in [5.41, 5.74) is 6.85. The number of fused-ring (bicyclic) bond motifs is 1. The summed E-state index contributed by atoms with van der Waals surface area (Å²) in [5, 5.41) is 2.95. The lowest BCUT2D eigenvalue weighted by Gasteiger charge is -2.31. The average Bonchev–Trinajstić information content (AvgIpc) is 3.56. The van der Waals surface area contributed by atoms with Gasteiger partial charge in [-0.3, -0.25) is 9.69 Å². The van der Waals surface area contributed by atoms with Gasteiger partial charge in [-0.05, 0) is 72.4 Å². The van der Waals surface area contributed by atoms with Crippen LogP contribution < -0.4 is 10.1 Å². The largest absolute Gasteiger partial charge is 0.493 e. The van der Waals surface area contributed by atoms with Crippen LogP contribution in [-0.2, 0) is 30.7 Å². The van der Waals surface area contributed by atoms with Crippen LogP contribution >= 0.6 is 0 Å². The van der Waals surface area contributed by atoms with Crippen LogP contribution in [0.1, 0.15) is 67.5 Å². The average molecular weight is 407 g/mol. The first-order valence-electron chi connectivity index (χ1n) is 11.4. The molecule has 1 amide bonds. The van der Waals surface area contributed by atoms with E-state index in [0.717, 1.165) is 56.3 Å². The third kappa shape index (κ3) is 5.04. The number of rotatable bonds is 8. The quantitative estimate of drug-likeness (QED) is 0.685. The van der Waals surface area contributed by atoms with E-state index < -0.39 is 0 Å². The lowest BCUT2D eigenvalue weighted by atomic mass is 9.92. The van der Waals surface area contributed by atoms with Gasteiger partial charge in [-0.25, -0.2) is 0 Å². The van der Waals surface area contributed by atoms with Crippen LogP contribution in [0.2, 0.25) is 0 Å². The van der Waals surface area contributed by atoms with Gasteiger partial charge in [0.15, 0.2) is 0 Å². The summed E-state index contributed by atoms with van der Waals surface area (Å²) in [5.74, 6) is 1.90. The van der Waals surface area contributed by atoms with Crippen molar-refractivity contribution in [1.82, 2.24) is 10.2 Å². The first-order valence-corrected chi connectivity index (χ1v) is 11.4. The summed E-state index contributed by atoms with van der Waals surface area (Å²) in [6, 6.07) is 13.2. The normalized spacial score (nSPS) is 17.3. The monoisotopic (exact) mass is 406 g/mol. The van der Waals surface area contributed by atoms with Gasteiger partial charge in [0.2, 0.25) is 5.91 Å². The molecule has 4 heteroatoms. The van der Waals surface area contributed by atoms with Crippen LogP contribution in [0.3, 0.4) is 0 Å². The standard InChI is InChI=1S/C26H34N2O2/c1-4-24-25-13-14-28(16-23(25)11-12-26(24)30-17-21-5-6-21)15-20-7-9-22(10-8-20)18(2)27-19(3)29/h7-12,18,21H,4-6,13-17H2,1-3H3,(H,27,29). The molecule has 0 bridgehead atoms. The van der Waals surface area contributed by atoms with Crippen molar-refractivity contribution in [2.24, 2.45) is 5.92 Å². The van der Waals surface area contributed by atoms with Gasteiger partial charge in [0.1, 0.15) is 5.75 Å².